The van der Waals surface area contributed by atoms with Crippen molar-refractivity contribution in [2.45, 2.75) is 51.5 Å². The van der Waals surface area contributed by atoms with Gasteiger partial charge in [0.2, 0.25) is 5.91 Å². The fourth-order valence-electron chi connectivity index (χ4n) is 2.01. The minimum Gasteiger partial charge on any atom is -0.481 e. The molecule has 0 aliphatic heterocycles. The van der Waals surface area contributed by atoms with E-state index in [1.807, 2.05) is 19.0 Å². The number of hydrogen-bond donors (Lipinski definition) is 2. The number of Topliss-reactive ketones (excluding diaryl/α,β-unsaturated/α-hetero) is 1. The lowest BCUT2D eigenvalue weighted by Crippen LogP contribution is -2.36. The van der Waals surface area contributed by atoms with Crippen LogP contribution >= 0.6 is 0 Å². The van der Waals surface area contributed by atoms with E-state index in [4.69, 9.17) is 5.11 Å². The van der Waals surface area contributed by atoms with Crippen LogP contribution < -0.4 is 5.32 Å². The largest absolute Gasteiger partial charge is 0.481 e. The molecule has 116 valence electrons. The van der Waals surface area contributed by atoms with E-state index >= 15 is 0 Å². The first-order valence-corrected chi connectivity index (χ1v) is 7.00. The zero-order valence-electron chi connectivity index (χ0n) is 12.6. The van der Waals surface area contributed by atoms with Gasteiger partial charge in [-0.3, -0.25) is 19.3 Å². The van der Waals surface area contributed by atoms with Crippen molar-refractivity contribution in [3.8, 4) is 0 Å². The number of ketones is 1. The third-order valence-electron chi connectivity index (χ3n) is 3.09. The highest BCUT2D eigenvalue weighted by molar-refractivity contribution is 5.84. The van der Waals surface area contributed by atoms with Gasteiger partial charge in [-0.15, -0.1) is 0 Å². The number of carbonyl (C=O) groups is 3. The molecule has 0 aromatic rings. The SMILES string of the molecule is CC(=O)NCCCCC(C(=O)CCCC(=O)O)N(C)C. The van der Waals surface area contributed by atoms with E-state index in [2.05, 4.69) is 5.32 Å². The zero-order chi connectivity index (χ0) is 15.5. The molecule has 1 unspecified atom stereocenters. The molecule has 0 aliphatic carbocycles. The molecule has 0 radical (unpaired) electrons. The van der Waals surface area contributed by atoms with Crippen molar-refractivity contribution >= 4 is 17.7 Å². The van der Waals surface area contributed by atoms with Gasteiger partial charge in [-0.1, -0.05) is 0 Å². The van der Waals surface area contributed by atoms with Gasteiger partial charge < -0.3 is 10.4 Å². The molecule has 0 aliphatic rings. The van der Waals surface area contributed by atoms with E-state index in [0.717, 1.165) is 19.3 Å². The summed E-state index contributed by atoms with van der Waals surface area (Å²) in [6, 6.07) is -0.166. The van der Waals surface area contributed by atoms with Crippen molar-refractivity contribution in [2.75, 3.05) is 20.6 Å². The molecule has 0 fully saturated rings. The molecule has 0 bridgehead atoms. The number of likely N-dealkylation sites (N-methyl/N-ethyl adjacent to an activating group) is 1. The number of carbonyl (C=O) groups excluding carboxylic acids is 2. The Hall–Kier alpha value is -1.43. The van der Waals surface area contributed by atoms with Crippen molar-refractivity contribution in [1.29, 1.82) is 0 Å². The van der Waals surface area contributed by atoms with Crippen LogP contribution in [0.5, 0.6) is 0 Å². The van der Waals surface area contributed by atoms with Gasteiger partial charge in [0, 0.05) is 26.3 Å². The summed E-state index contributed by atoms with van der Waals surface area (Å²) in [5.41, 5.74) is 0. The fourth-order valence-corrected chi connectivity index (χ4v) is 2.01. The number of hydrogen-bond acceptors (Lipinski definition) is 4. The van der Waals surface area contributed by atoms with Crippen LogP contribution in [-0.4, -0.2) is 54.3 Å². The predicted octanol–water partition coefficient (Wildman–Crippen LogP) is 1.05. The van der Waals surface area contributed by atoms with Crippen molar-refractivity contribution < 1.29 is 19.5 Å². The van der Waals surface area contributed by atoms with E-state index < -0.39 is 5.97 Å². The number of rotatable bonds is 11. The van der Waals surface area contributed by atoms with Crippen molar-refractivity contribution in [3.05, 3.63) is 0 Å². The Morgan fingerprint density at radius 3 is 2.25 bits per heavy atom. The molecule has 1 atom stereocenters. The number of nitrogens with one attached hydrogen (secondary N) is 1. The highest BCUT2D eigenvalue weighted by Crippen LogP contribution is 2.11. The fraction of sp³-hybridized carbons (Fsp3) is 0.786. The molecule has 6 heteroatoms. The van der Waals surface area contributed by atoms with Crippen LogP contribution in [0.15, 0.2) is 0 Å². The van der Waals surface area contributed by atoms with Crippen LogP contribution in [0.1, 0.15) is 45.4 Å². The second kappa shape index (κ2) is 10.4. The van der Waals surface area contributed by atoms with Crippen LogP contribution in [0.2, 0.25) is 0 Å². The average molecular weight is 286 g/mol. The molecule has 0 heterocycles. The minimum absolute atomic E-state index is 0.0361. The highest BCUT2D eigenvalue weighted by Gasteiger charge is 2.19. The van der Waals surface area contributed by atoms with Crippen LogP contribution in [0.3, 0.4) is 0 Å². The first kappa shape index (κ1) is 18.6. The molecular weight excluding hydrogens is 260 g/mol. The summed E-state index contributed by atoms with van der Waals surface area (Å²) in [6.45, 7) is 2.11. The smallest absolute Gasteiger partial charge is 0.303 e. The molecule has 0 aromatic heterocycles. The normalized spacial score (nSPS) is 12.2. The van der Waals surface area contributed by atoms with Gasteiger partial charge in [-0.25, -0.2) is 0 Å². The maximum absolute atomic E-state index is 12.0. The number of amides is 1. The molecule has 0 aromatic carbocycles. The van der Waals surface area contributed by atoms with Gasteiger partial charge in [0.25, 0.3) is 0 Å². The Kier molecular flexibility index (Phi) is 9.63. The van der Waals surface area contributed by atoms with Crippen LogP contribution in [0.4, 0.5) is 0 Å². The summed E-state index contributed by atoms with van der Waals surface area (Å²) in [4.78, 5) is 35.0. The number of nitrogens with zero attached hydrogens (tertiary/aromatic N) is 1. The monoisotopic (exact) mass is 286 g/mol. The maximum atomic E-state index is 12.0. The predicted molar refractivity (Wildman–Crippen MR) is 76.5 cm³/mol. The summed E-state index contributed by atoms with van der Waals surface area (Å²) < 4.78 is 0. The summed E-state index contributed by atoms with van der Waals surface area (Å²) in [5, 5.41) is 11.3. The number of unbranched alkanes of at least 4 members (excludes halogenated alkanes) is 1. The molecule has 0 saturated heterocycles. The van der Waals surface area contributed by atoms with Gasteiger partial charge >= 0.3 is 5.97 Å². The van der Waals surface area contributed by atoms with Crippen LogP contribution in [-0.2, 0) is 14.4 Å². The first-order chi connectivity index (χ1) is 9.34. The second-order valence-electron chi connectivity index (χ2n) is 5.17. The van der Waals surface area contributed by atoms with E-state index in [9.17, 15) is 14.4 Å². The summed E-state index contributed by atoms with van der Waals surface area (Å²) in [6.07, 6.45) is 3.16. The molecule has 20 heavy (non-hydrogen) atoms. The summed E-state index contributed by atoms with van der Waals surface area (Å²) in [5.74, 6) is -0.816. The van der Waals surface area contributed by atoms with Crippen molar-refractivity contribution in [3.63, 3.8) is 0 Å². The van der Waals surface area contributed by atoms with E-state index in [-0.39, 0.29) is 24.2 Å². The Morgan fingerprint density at radius 2 is 1.75 bits per heavy atom. The molecular formula is C14H26N2O4. The zero-order valence-corrected chi connectivity index (χ0v) is 12.6. The quantitative estimate of drug-likeness (QED) is 0.554. The maximum Gasteiger partial charge on any atom is 0.303 e. The second-order valence-corrected chi connectivity index (χ2v) is 5.17. The average Bonchev–Trinajstić information content (AvgIpc) is 2.32. The summed E-state index contributed by atoms with van der Waals surface area (Å²) >= 11 is 0. The Balaban J connectivity index is 3.99. The Bertz CT molecular complexity index is 329. The first-order valence-electron chi connectivity index (χ1n) is 7.00. The molecule has 2 N–H and O–H groups in total. The van der Waals surface area contributed by atoms with E-state index in [0.29, 0.717) is 19.4 Å². The van der Waals surface area contributed by atoms with Crippen LogP contribution in [0.25, 0.3) is 0 Å². The lowest BCUT2D eigenvalue weighted by atomic mass is 10.00. The standard InChI is InChI=1S/C14H26N2O4/c1-11(17)15-10-5-4-7-12(16(2)3)13(18)8-6-9-14(19)20/h12H,4-10H2,1-3H3,(H,15,17)(H,19,20). The van der Waals surface area contributed by atoms with Crippen LogP contribution in [0, 0.1) is 0 Å². The molecule has 0 spiro atoms. The molecule has 6 nitrogen and oxygen atoms in total. The Labute approximate surface area is 120 Å². The topological polar surface area (TPSA) is 86.7 Å². The van der Waals surface area contributed by atoms with Gasteiger partial charge in [-0.2, -0.15) is 0 Å². The number of aliphatic carboxylic acids is 1. The van der Waals surface area contributed by atoms with Crippen molar-refractivity contribution in [2.24, 2.45) is 0 Å². The molecule has 0 rings (SSSR count). The summed E-state index contributed by atoms with van der Waals surface area (Å²) in [7, 11) is 3.71. The van der Waals surface area contributed by atoms with Gasteiger partial charge in [-0.05, 0) is 39.8 Å². The number of carboxylic acids is 1. The molecule has 1 amide bonds. The highest BCUT2D eigenvalue weighted by atomic mass is 16.4. The van der Waals surface area contributed by atoms with E-state index in [1.54, 1.807) is 0 Å². The van der Waals surface area contributed by atoms with Crippen molar-refractivity contribution in [1.82, 2.24) is 10.2 Å². The Morgan fingerprint density at radius 1 is 1.10 bits per heavy atom. The van der Waals surface area contributed by atoms with Gasteiger partial charge in [0.05, 0.1) is 6.04 Å². The third-order valence-corrected chi connectivity index (χ3v) is 3.09. The lowest BCUT2D eigenvalue weighted by Gasteiger charge is -2.23. The third kappa shape index (κ3) is 9.49. The molecule has 0 saturated carbocycles. The van der Waals surface area contributed by atoms with E-state index in [1.165, 1.54) is 6.92 Å². The lowest BCUT2D eigenvalue weighted by molar-refractivity contribution is -0.137. The van der Waals surface area contributed by atoms with Gasteiger partial charge in [0.1, 0.15) is 5.78 Å². The number of carboxylic acid groups (broad SMARTS) is 1. The minimum atomic E-state index is -0.866. The van der Waals surface area contributed by atoms with Gasteiger partial charge in [0.15, 0.2) is 0 Å².